The zero-order chi connectivity index (χ0) is 13.1. The van der Waals surface area contributed by atoms with Gasteiger partial charge in [-0.2, -0.15) is 0 Å². The van der Waals surface area contributed by atoms with Crippen molar-refractivity contribution in [1.29, 1.82) is 0 Å². The summed E-state index contributed by atoms with van der Waals surface area (Å²) in [5.74, 6) is 0.645. The molecule has 0 fully saturated rings. The van der Waals surface area contributed by atoms with Crippen LogP contribution in [0.1, 0.15) is 16.3 Å². The highest BCUT2D eigenvalue weighted by molar-refractivity contribution is 7.09. The Morgan fingerprint density at radius 3 is 2.83 bits per heavy atom. The molecule has 0 amide bonds. The smallest absolute Gasteiger partial charge is 0.287 e. The lowest BCUT2D eigenvalue weighted by molar-refractivity contribution is -0.385. The molecule has 2 rings (SSSR count). The molecule has 0 radical (unpaired) electrons. The average Bonchev–Trinajstić information content (AvgIpc) is 2.73. The predicted octanol–water partition coefficient (Wildman–Crippen LogP) is 2.68. The van der Waals surface area contributed by atoms with Gasteiger partial charge in [0.15, 0.2) is 0 Å². The Labute approximate surface area is 108 Å². The monoisotopic (exact) mass is 264 g/mol. The van der Waals surface area contributed by atoms with Crippen LogP contribution in [0.15, 0.2) is 17.6 Å². The first-order valence-electron chi connectivity index (χ1n) is 5.32. The number of rotatable bonds is 4. The Hall–Kier alpha value is -2.02. The van der Waals surface area contributed by atoms with Gasteiger partial charge in [-0.1, -0.05) is 0 Å². The van der Waals surface area contributed by atoms with Gasteiger partial charge in [0.05, 0.1) is 22.2 Å². The summed E-state index contributed by atoms with van der Waals surface area (Å²) in [5, 5.41) is 16.7. The maximum atomic E-state index is 10.6. The van der Waals surface area contributed by atoms with Gasteiger partial charge in [-0.25, -0.2) is 9.97 Å². The van der Waals surface area contributed by atoms with Crippen LogP contribution in [0.25, 0.3) is 0 Å². The van der Waals surface area contributed by atoms with E-state index in [2.05, 4.69) is 15.3 Å². The summed E-state index contributed by atoms with van der Waals surface area (Å²) >= 11 is 1.59. The van der Waals surface area contributed by atoms with Crippen molar-refractivity contribution in [2.75, 3.05) is 5.32 Å². The van der Waals surface area contributed by atoms with Crippen LogP contribution >= 0.6 is 11.3 Å². The number of nitrogens with zero attached hydrogens (tertiary/aromatic N) is 3. The second-order valence-corrected chi connectivity index (χ2v) is 4.89. The topological polar surface area (TPSA) is 81.0 Å². The second kappa shape index (κ2) is 5.09. The van der Waals surface area contributed by atoms with Gasteiger partial charge in [0.2, 0.25) is 0 Å². The molecule has 1 N–H and O–H groups in total. The van der Waals surface area contributed by atoms with E-state index in [9.17, 15) is 10.1 Å². The van der Waals surface area contributed by atoms with Crippen LogP contribution in [0, 0.1) is 24.0 Å². The van der Waals surface area contributed by atoms with E-state index in [1.165, 1.54) is 12.3 Å². The van der Waals surface area contributed by atoms with Crippen molar-refractivity contribution in [3.05, 3.63) is 44.0 Å². The minimum Gasteiger partial charge on any atom is -0.364 e. The van der Waals surface area contributed by atoms with Gasteiger partial charge in [-0.3, -0.25) is 10.1 Å². The first kappa shape index (κ1) is 12.4. The molecule has 7 heteroatoms. The number of nitrogens with one attached hydrogen (secondary N) is 1. The molecule has 0 saturated heterocycles. The summed E-state index contributed by atoms with van der Waals surface area (Å²) in [6, 6.07) is 1.50. The fourth-order valence-corrected chi connectivity index (χ4v) is 2.12. The van der Waals surface area contributed by atoms with Crippen LogP contribution in [0.4, 0.5) is 11.5 Å². The molecule has 2 aromatic heterocycles. The van der Waals surface area contributed by atoms with Gasteiger partial charge in [-0.05, 0) is 19.4 Å². The Balaban J connectivity index is 2.08. The van der Waals surface area contributed by atoms with E-state index in [-0.39, 0.29) is 5.69 Å². The summed E-state index contributed by atoms with van der Waals surface area (Å²) in [6.45, 7) is 4.30. The minimum atomic E-state index is -0.451. The first-order valence-corrected chi connectivity index (χ1v) is 6.20. The van der Waals surface area contributed by atoms with Crippen molar-refractivity contribution in [2.45, 2.75) is 20.4 Å². The van der Waals surface area contributed by atoms with Crippen LogP contribution in [-0.4, -0.2) is 14.9 Å². The maximum Gasteiger partial charge on any atom is 0.287 e. The number of pyridine rings is 1. The van der Waals surface area contributed by atoms with E-state index in [1.54, 1.807) is 18.3 Å². The third-order valence-electron chi connectivity index (χ3n) is 2.38. The Kier molecular flexibility index (Phi) is 3.52. The number of hydrogen-bond acceptors (Lipinski definition) is 6. The molecule has 0 bridgehead atoms. The molecule has 0 spiro atoms. The molecule has 6 nitrogen and oxygen atoms in total. The molecule has 94 valence electrons. The molecule has 0 aliphatic carbocycles. The summed E-state index contributed by atoms with van der Waals surface area (Å²) in [5.41, 5.74) is 1.69. The quantitative estimate of drug-likeness (QED) is 0.678. The van der Waals surface area contributed by atoms with Crippen molar-refractivity contribution >= 4 is 22.8 Å². The molecule has 2 aromatic rings. The van der Waals surface area contributed by atoms with E-state index >= 15 is 0 Å². The number of anilines is 1. The minimum absolute atomic E-state index is 0.00236. The lowest BCUT2D eigenvalue weighted by Crippen LogP contribution is -2.04. The van der Waals surface area contributed by atoms with Crippen molar-refractivity contribution < 1.29 is 4.92 Å². The molecule has 0 unspecified atom stereocenters. The van der Waals surface area contributed by atoms with Gasteiger partial charge >= 0.3 is 0 Å². The zero-order valence-corrected chi connectivity index (χ0v) is 10.8. The third kappa shape index (κ3) is 2.80. The Morgan fingerprint density at radius 1 is 1.50 bits per heavy atom. The maximum absolute atomic E-state index is 10.6. The van der Waals surface area contributed by atoms with Gasteiger partial charge in [-0.15, -0.1) is 11.3 Å². The lowest BCUT2D eigenvalue weighted by Gasteiger charge is -2.06. The second-order valence-electron chi connectivity index (χ2n) is 3.83. The summed E-state index contributed by atoms with van der Waals surface area (Å²) in [4.78, 5) is 18.5. The van der Waals surface area contributed by atoms with Crippen LogP contribution in [0.3, 0.4) is 0 Å². The van der Waals surface area contributed by atoms with Crippen LogP contribution in [0.5, 0.6) is 0 Å². The normalized spacial score (nSPS) is 10.3. The highest BCUT2D eigenvalue weighted by Gasteiger charge is 2.09. The summed E-state index contributed by atoms with van der Waals surface area (Å²) in [6.07, 6.45) is 1.25. The first-order chi connectivity index (χ1) is 8.56. The number of aromatic nitrogens is 2. The largest absolute Gasteiger partial charge is 0.364 e. The third-order valence-corrected chi connectivity index (χ3v) is 3.20. The zero-order valence-electron chi connectivity index (χ0n) is 10.0. The van der Waals surface area contributed by atoms with Gasteiger partial charge < -0.3 is 5.32 Å². The van der Waals surface area contributed by atoms with Gasteiger partial charge in [0.1, 0.15) is 12.0 Å². The molecular formula is C11H12N4O2S. The molecule has 0 saturated carbocycles. The van der Waals surface area contributed by atoms with Crippen molar-refractivity contribution in [2.24, 2.45) is 0 Å². The van der Waals surface area contributed by atoms with Gasteiger partial charge in [0, 0.05) is 11.4 Å². The number of aryl methyl sites for hydroxylation is 2. The molecule has 0 atom stereocenters. The SMILES string of the molecule is Cc1nc(CNc2ncc([N+](=O)[O-])cc2C)cs1. The average molecular weight is 264 g/mol. The summed E-state index contributed by atoms with van der Waals surface area (Å²) < 4.78 is 0. The standard InChI is InChI=1S/C11H12N4O2S/c1-7-3-10(15(16)17)5-13-11(7)12-4-9-6-18-8(2)14-9/h3,5-6H,4H2,1-2H3,(H,12,13). The molecule has 0 aliphatic heterocycles. The molecule has 0 aliphatic rings. The molecule has 18 heavy (non-hydrogen) atoms. The Bertz CT molecular complexity index is 582. The van der Waals surface area contributed by atoms with E-state index < -0.39 is 4.92 Å². The number of nitro groups is 1. The van der Waals surface area contributed by atoms with E-state index in [4.69, 9.17) is 0 Å². The molecule has 0 aromatic carbocycles. The Morgan fingerprint density at radius 2 is 2.28 bits per heavy atom. The van der Waals surface area contributed by atoms with Crippen LogP contribution < -0.4 is 5.32 Å². The summed E-state index contributed by atoms with van der Waals surface area (Å²) in [7, 11) is 0. The predicted molar refractivity (Wildman–Crippen MR) is 69.8 cm³/mol. The highest BCUT2D eigenvalue weighted by atomic mass is 32.1. The van der Waals surface area contributed by atoms with E-state index in [0.717, 1.165) is 16.3 Å². The van der Waals surface area contributed by atoms with Crippen LogP contribution in [0.2, 0.25) is 0 Å². The molecular weight excluding hydrogens is 252 g/mol. The highest BCUT2D eigenvalue weighted by Crippen LogP contribution is 2.18. The van der Waals surface area contributed by atoms with Gasteiger partial charge in [0.25, 0.3) is 5.69 Å². The van der Waals surface area contributed by atoms with Crippen molar-refractivity contribution in [3.8, 4) is 0 Å². The number of hydrogen-bond donors (Lipinski definition) is 1. The van der Waals surface area contributed by atoms with E-state index in [1.807, 2.05) is 12.3 Å². The molecule has 2 heterocycles. The van der Waals surface area contributed by atoms with E-state index in [0.29, 0.717) is 12.4 Å². The number of thiazole rings is 1. The van der Waals surface area contributed by atoms with Crippen molar-refractivity contribution in [3.63, 3.8) is 0 Å². The fraction of sp³-hybridized carbons (Fsp3) is 0.273. The van der Waals surface area contributed by atoms with Crippen LogP contribution in [-0.2, 0) is 6.54 Å². The van der Waals surface area contributed by atoms with Crippen molar-refractivity contribution in [1.82, 2.24) is 9.97 Å². The fourth-order valence-electron chi connectivity index (χ4n) is 1.51. The lowest BCUT2D eigenvalue weighted by atomic mass is 10.2.